The van der Waals surface area contributed by atoms with Crippen molar-refractivity contribution in [3.8, 4) is 0 Å². The summed E-state index contributed by atoms with van der Waals surface area (Å²) >= 11 is 0. The van der Waals surface area contributed by atoms with Crippen LogP contribution in [0.3, 0.4) is 0 Å². The Balaban J connectivity index is 2.14. The van der Waals surface area contributed by atoms with Gasteiger partial charge in [-0.1, -0.05) is 13.8 Å². The molecule has 1 amide bonds. The number of hydrogen-bond acceptors (Lipinski definition) is 3. The van der Waals surface area contributed by atoms with E-state index in [1.54, 1.807) is 0 Å². The molecular formula is C12H22N2O2. The summed E-state index contributed by atoms with van der Waals surface area (Å²) in [6.07, 6.45) is 2.95. The molecule has 92 valence electrons. The van der Waals surface area contributed by atoms with E-state index >= 15 is 0 Å². The van der Waals surface area contributed by atoms with E-state index in [1.807, 2.05) is 0 Å². The van der Waals surface area contributed by atoms with Crippen molar-refractivity contribution in [3.63, 3.8) is 0 Å². The van der Waals surface area contributed by atoms with E-state index in [2.05, 4.69) is 24.1 Å². The highest BCUT2D eigenvalue weighted by Gasteiger charge is 2.41. The van der Waals surface area contributed by atoms with E-state index in [1.165, 1.54) is 12.8 Å². The molecule has 2 fully saturated rings. The molecule has 2 rings (SSSR count). The number of carbonyl (C=O) groups excluding carboxylic acids is 1. The zero-order valence-electron chi connectivity index (χ0n) is 10.2. The number of rotatable bonds is 3. The highest BCUT2D eigenvalue weighted by Crippen LogP contribution is 2.33. The SMILES string of the molecule is CC1(C)CNC(=O)C(CCO)N(C2CC2)C1. The van der Waals surface area contributed by atoms with Gasteiger partial charge in [0.05, 0.1) is 6.04 Å². The molecule has 1 aliphatic carbocycles. The first-order valence-electron chi connectivity index (χ1n) is 6.18. The number of aliphatic hydroxyl groups excluding tert-OH is 1. The maximum Gasteiger partial charge on any atom is 0.237 e. The zero-order valence-corrected chi connectivity index (χ0v) is 10.2. The molecule has 2 N–H and O–H groups in total. The zero-order chi connectivity index (χ0) is 11.8. The second kappa shape index (κ2) is 4.34. The molecule has 4 heteroatoms. The van der Waals surface area contributed by atoms with Crippen LogP contribution in [-0.4, -0.2) is 47.7 Å². The van der Waals surface area contributed by atoms with Gasteiger partial charge in [0.25, 0.3) is 0 Å². The van der Waals surface area contributed by atoms with E-state index in [-0.39, 0.29) is 24.0 Å². The number of carbonyl (C=O) groups is 1. The third-order valence-corrected chi connectivity index (χ3v) is 3.47. The normalized spacial score (nSPS) is 30.9. The van der Waals surface area contributed by atoms with Gasteiger partial charge in [0, 0.05) is 25.7 Å². The Bertz CT molecular complexity index is 274. The van der Waals surface area contributed by atoms with Crippen molar-refractivity contribution in [3.05, 3.63) is 0 Å². The number of nitrogens with zero attached hydrogens (tertiary/aromatic N) is 1. The molecule has 1 aliphatic heterocycles. The molecule has 4 nitrogen and oxygen atoms in total. The van der Waals surface area contributed by atoms with Gasteiger partial charge < -0.3 is 10.4 Å². The summed E-state index contributed by atoms with van der Waals surface area (Å²) in [5.41, 5.74) is 0.127. The average molecular weight is 226 g/mol. The summed E-state index contributed by atoms with van der Waals surface area (Å²) < 4.78 is 0. The van der Waals surface area contributed by atoms with Crippen molar-refractivity contribution in [1.82, 2.24) is 10.2 Å². The van der Waals surface area contributed by atoms with Crippen LogP contribution in [0.25, 0.3) is 0 Å². The molecule has 1 unspecified atom stereocenters. The largest absolute Gasteiger partial charge is 0.396 e. The smallest absolute Gasteiger partial charge is 0.237 e. The van der Waals surface area contributed by atoms with E-state index in [9.17, 15) is 4.79 Å². The maximum atomic E-state index is 12.0. The Morgan fingerprint density at radius 3 is 2.75 bits per heavy atom. The van der Waals surface area contributed by atoms with Crippen LogP contribution < -0.4 is 5.32 Å². The van der Waals surface area contributed by atoms with Crippen molar-refractivity contribution >= 4 is 5.91 Å². The van der Waals surface area contributed by atoms with Crippen molar-refractivity contribution < 1.29 is 9.90 Å². The summed E-state index contributed by atoms with van der Waals surface area (Å²) in [6, 6.07) is 0.443. The molecule has 1 atom stereocenters. The Kier molecular flexibility index (Phi) is 3.22. The van der Waals surface area contributed by atoms with Gasteiger partial charge in [0.15, 0.2) is 0 Å². The highest BCUT2D eigenvalue weighted by atomic mass is 16.3. The summed E-state index contributed by atoms with van der Waals surface area (Å²) in [4.78, 5) is 14.3. The lowest BCUT2D eigenvalue weighted by molar-refractivity contribution is -0.126. The molecule has 2 aliphatic rings. The van der Waals surface area contributed by atoms with Gasteiger partial charge in [-0.25, -0.2) is 0 Å². The van der Waals surface area contributed by atoms with Gasteiger partial charge in [-0.15, -0.1) is 0 Å². The van der Waals surface area contributed by atoms with Gasteiger partial charge in [-0.3, -0.25) is 9.69 Å². The Morgan fingerprint density at radius 2 is 2.19 bits per heavy atom. The van der Waals surface area contributed by atoms with Crippen molar-refractivity contribution in [2.45, 2.75) is 45.2 Å². The number of amides is 1. The lowest BCUT2D eigenvalue weighted by Crippen LogP contribution is -2.46. The summed E-state index contributed by atoms with van der Waals surface area (Å²) in [7, 11) is 0. The third-order valence-electron chi connectivity index (χ3n) is 3.47. The maximum absolute atomic E-state index is 12.0. The molecular weight excluding hydrogens is 204 g/mol. The molecule has 0 radical (unpaired) electrons. The van der Waals surface area contributed by atoms with Crippen LogP contribution >= 0.6 is 0 Å². The molecule has 1 saturated carbocycles. The monoisotopic (exact) mass is 226 g/mol. The first-order valence-corrected chi connectivity index (χ1v) is 6.18. The second-order valence-electron chi connectivity index (χ2n) is 5.81. The summed E-state index contributed by atoms with van der Waals surface area (Å²) in [5.74, 6) is 0.0894. The standard InChI is InChI=1S/C12H22N2O2/c1-12(2)7-13-11(16)10(5-6-15)14(8-12)9-3-4-9/h9-10,15H,3-8H2,1-2H3,(H,13,16). The fourth-order valence-corrected chi connectivity index (χ4v) is 2.46. The lowest BCUT2D eigenvalue weighted by atomic mass is 9.93. The fraction of sp³-hybridized carbons (Fsp3) is 0.917. The van der Waals surface area contributed by atoms with Crippen LogP contribution in [-0.2, 0) is 4.79 Å². The Labute approximate surface area is 97.0 Å². The molecule has 0 aromatic carbocycles. The quantitative estimate of drug-likeness (QED) is 0.730. The van der Waals surface area contributed by atoms with Crippen LogP contribution in [0.2, 0.25) is 0 Å². The van der Waals surface area contributed by atoms with E-state index in [0.29, 0.717) is 12.5 Å². The van der Waals surface area contributed by atoms with Gasteiger partial charge >= 0.3 is 0 Å². The fourth-order valence-electron chi connectivity index (χ4n) is 2.46. The van der Waals surface area contributed by atoms with Crippen molar-refractivity contribution in [2.24, 2.45) is 5.41 Å². The average Bonchev–Trinajstić information content (AvgIpc) is 3.02. The van der Waals surface area contributed by atoms with Gasteiger partial charge in [-0.05, 0) is 24.7 Å². The van der Waals surface area contributed by atoms with E-state index in [0.717, 1.165) is 13.1 Å². The molecule has 0 spiro atoms. The topological polar surface area (TPSA) is 52.6 Å². The van der Waals surface area contributed by atoms with E-state index < -0.39 is 0 Å². The highest BCUT2D eigenvalue weighted by molar-refractivity contribution is 5.82. The van der Waals surface area contributed by atoms with Crippen LogP contribution in [0, 0.1) is 5.41 Å². The van der Waals surface area contributed by atoms with Crippen LogP contribution in [0.4, 0.5) is 0 Å². The van der Waals surface area contributed by atoms with Gasteiger partial charge in [0.2, 0.25) is 5.91 Å². The van der Waals surface area contributed by atoms with Crippen molar-refractivity contribution in [2.75, 3.05) is 19.7 Å². The number of aliphatic hydroxyl groups is 1. The lowest BCUT2D eigenvalue weighted by Gasteiger charge is -2.32. The third kappa shape index (κ3) is 2.55. The molecule has 1 heterocycles. The number of hydrogen-bond donors (Lipinski definition) is 2. The van der Waals surface area contributed by atoms with Crippen molar-refractivity contribution in [1.29, 1.82) is 0 Å². The van der Waals surface area contributed by atoms with Crippen LogP contribution in [0.1, 0.15) is 33.1 Å². The molecule has 1 saturated heterocycles. The molecule has 0 bridgehead atoms. The first-order chi connectivity index (χ1) is 7.53. The second-order valence-corrected chi connectivity index (χ2v) is 5.81. The molecule has 16 heavy (non-hydrogen) atoms. The van der Waals surface area contributed by atoms with Gasteiger partial charge in [0.1, 0.15) is 0 Å². The molecule has 0 aromatic heterocycles. The van der Waals surface area contributed by atoms with Gasteiger partial charge in [-0.2, -0.15) is 0 Å². The van der Waals surface area contributed by atoms with Crippen LogP contribution in [0.5, 0.6) is 0 Å². The summed E-state index contributed by atoms with van der Waals surface area (Å²) in [5, 5.41) is 12.1. The minimum absolute atomic E-state index is 0.0851. The molecule has 0 aromatic rings. The minimum atomic E-state index is -0.126. The van der Waals surface area contributed by atoms with E-state index in [4.69, 9.17) is 5.11 Å². The van der Waals surface area contributed by atoms with Crippen LogP contribution in [0.15, 0.2) is 0 Å². The summed E-state index contributed by atoms with van der Waals surface area (Å²) in [6.45, 7) is 6.13. The number of nitrogens with one attached hydrogen (secondary N) is 1. The minimum Gasteiger partial charge on any atom is -0.396 e. The predicted molar refractivity (Wildman–Crippen MR) is 62.0 cm³/mol. The Hall–Kier alpha value is -0.610. The predicted octanol–water partition coefficient (Wildman–Crippen LogP) is 0.358. The first kappa shape index (κ1) is 11.9. The Morgan fingerprint density at radius 1 is 1.50 bits per heavy atom.